The molecule has 162 valence electrons. The Labute approximate surface area is 171 Å². The van der Waals surface area contributed by atoms with Crippen LogP contribution in [0.3, 0.4) is 0 Å². The second kappa shape index (κ2) is 8.42. The van der Waals surface area contributed by atoms with Gasteiger partial charge in [0.25, 0.3) is 0 Å². The summed E-state index contributed by atoms with van der Waals surface area (Å²) >= 11 is 0. The predicted octanol–water partition coefficient (Wildman–Crippen LogP) is 2.43. The molecule has 1 unspecified atom stereocenters. The van der Waals surface area contributed by atoms with E-state index in [1.54, 1.807) is 24.3 Å². The van der Waals surface area contributed by atoms with Crippen molar-refractivity contribution in [1.82, 2.24) is 5.32 Å². The first-order chi connectivity index (χ1) is 14.0. The number of anilines is 1. The summed E-state index contributed by atoms with van der Waals surface area (Å²) in [4.78, 5) is 12.3. The number of ether oxygens (including phenoxy) is 2. The fourth-order valence-corrected chi connectivity index (χ4v) is 3.65. The molecule has 1 atom stereocenters. The van der Waals surface area contributed by atoms with Crippen LogP contribution in [0.15, 0.2) is 48.5 Å². The molecule has 0 fully saturated rings. The average Bonchev–Trinajstić information content (AvgIpc) is 2.69. The minimum absolute atomic E-state index is 0.0492. The first-order valence-corrected chi connectivity index (χ1v) is 10.7. The van der Waals surface area contributed by atoms with Crippen molar-refractivity contribution in [2.75, 3.05) is 30.3 Å². The molecular weight excluding hydrogens is 425 g/mol. The van der Waals surface area contributed by atoms with Gasteiger partial charge in [0.15, 0.2) is 11.5 Å². The molecule has 11 heteroatoms. The number of fused-ring (bicyclic) bond motifs is 1. The van der Waals surface area contributed by atoms with E-state index in [0.29, 0.717) is 11.5 Å². The van der Waals surface area contributed by atoms with Crippen LogP contribution in [0, 0.1) is 0 Å². The van der Waals surface area contributed by atoms with Gasteiger partial charge in [0, 0.05) is 0 Å². The lowest BCUT2D eigenvalue weighted by Gasteiger charge is -2.27. The highest BCUT2D eigenvalue weighted by Gasteiger charge is 2.31. The number of alkyl halides is 3. The maximum Gasteiger partial charge on any atom is 0.416 e. The van der Waals surface area contributed by atoms with E-state index in [1.807, 2.05) is 0 Å². The fourth-order valence-electron chi connectivity index (χ4n) is 2.79. The second-order valence-corrected chi connectivity index (χ2v) is 8.52. The number of nitrogens with one attached hydrogen (secondary N) is 1. The third-order valence-electron chi connectivity index (χ3n) is 4.26. The molecule has 0 aliphatic carbocycles. The summed E-state index contributed by atoms with van der Waals surface area (Å²) in [6.45, 7) is -0.321. The predicted molar refractivity (Wildman–Crippen MR) is 103 cm³/mol. The van der Waals surface area contributed by atoms with E-state index in [9.17, 15) is 26.4 Å². The molecule has 1 heterocycles. The molecule has 0 bridgehead atoms. The van der Waals surface area contributed by atoms with E-state index in [0.717, 1.165) is 34.8 Å². The Balaban J connectivity index is 1.62. The molecule has 2 aromatic carbocycles. The Morgan fingerprint density at radius 1 is 1.13 bits per heavy atom. The minimum atomic E-state index is -4.55. The van der Waals surface area contributed by atoms with E-state index < -0.39 is 40.3 Å². The lowest BCUT2D eigenvalue weighted by molar-refractivity contribution is -0.137. The summed E-state index contributed by atoms with van der Waals surface area (Å²) in [5.74, 6) is 0.485. The highest BCUT2D eigenvalue weighted by Crippen LogP contribution is 2.31. The number of hydrogen-bond acceptors (Lipinski definition) is 5. The molecule has 1 aliphatic heterocycles. The molecule has 0 spiro atoms. The van der Waals surface area contributed by atoms with Crippen LogP contribution < -0.4 is 19.1 Å². The van der Waals surface area contributed by atoms with E-state index in [2.05, 4.69) is 5.32 Å². The maximum atomic E-state index is 12.7. The van der Waals surface area contributed by atoms with Crippen molar-refractivity contribution in [2.24, 2.45) is 0 Å². The van der Waals surface area contributed by atoms with Crippen LogP contribution in [0.25, 0.3) is 0 Å². The molecule has 0 saturated carbocycles. The van der Waals surface area contributed by atoms with Gasteiger partial charge < -0.3 is 14.8 Å². The largest absolute Gasteiger partial charge is 0.486 e. The number of amides is 1. The molecular formula is C19H19F3N2O5S. The number of rotatable bonds is 6. The van der Waals surface area contributed by atoms with Crippen molar-refractivity contribution in [1.29, 1.82) is 0 Å². The van der Waals surface area contributed by atoms with Crippen LogP contribution in [0.1, 0.15) is 5.56 Å². The van der Waals surface area contributed by atoms with Crippen LogP contribution in [0.5, 0.6) is 11.5 Å². The van der Waals surface area contributed by atoms with E-state index in [4.69, 9.17) is 9.47 Å². The van der Waals surface area contributed by atoms with Gasteiger partial charge in [0.05, 0.1) is 24.1 Å². The van der Waals surface area contributed by atoms with Crippen LogP contribution in [-0.4, -0.2) is 46.4 Å². The molecule has 1 amide bonds. The number of nitrogens with zero attached hydrogens (tertiary/aromatic N) is 1. The molecule has 2 aromatic rings. The lowest BCUT2D eigenvalue weighted by atomic mass is 10.2. The summed E-state index contributed by atoms with van der Waals surface area (Å²) in [5.41, 5.74) is -0.967. The summed E-state index contributed by atoms with van der Waals surface area (Å²) in [6.07, 6.45) is -4.15. The van der Waals surface area contributed by atoms with Crippen molar-refractivity contribution in [2.45, 2.75) is 12.3 Å². The summed E-state index contributed by atoms with van der Waals surface area (Å²) < 4.78 is 74.3. The molecule has 1 N–H and O–H groups in total. The number of hydrogen-bond donors (Lipinski definition) is 1. The maximum absolute atomic E-state index is 12.7. The number of carbonyl (C=O) groups excluding carboxylic acids is 1. The van der Waals surface area contributed by atoms with Crippen LogP contribution >= 0.6 is 0 Å². The summed E-state index contributed by atoms with van der Waals surface area (Å²) in [7, 11) is -3.91. The molecule has 30 heavy (non-hydrogen) atoms. The van der Waals surface area contributed by atoms with Gasteiger partial charge in [-0.25, -0.2) is 8.42 Å². The zero-order valence-corrected chi connectivity index (χ0v) is 16.7. The molecule has 1 aliphatic rings. The Hall–Kier alpha value is -2.95. The Morgan fingerprint density at radius 3 is 2.37 bits per heavy atom. The molecule has 0 radical (unpaired) electrons. The van der Waals surface area contributed by atoms with E-state index in [-0.39, 0.29) is 18.8 Å². The second-order valence-electron chi connectivity index (χ2n) is 6.62. The highest BCUT2D eigenvalue weighted by molar-refractivity contribution is 7.92. The van der Waals surface area contributed by atoms with Crippen molar-refractivity contribution in [3.05, 3.63) is 54.1 Å². The molecule has 3 rings (SSSR count). The van der Waals surface area contributed by atoms with Gasteiger partial charge >= 0.3 is 6.18 Å². The summed E-state index contributed by atoms with van der Waals surface area (Å²) in [6, 6.07) is 10.6. The zero-order chi connectivity index (χ0) is 21.9. The number of halogens is 3. The first kappa shape index (κ1) is 21.8. The number of para-hydroxylation sites is 2. The third-order valence-corrected chi connectivity index (χ3v) is 5.41. The van der Waals surface area contributed by atoms with Crippen molar-refractivity contribution in [3.8, 4) is 11.5 Å². The SMILES string of the molecule is CS(=O)(=O)N(CC(=O)NCC1COc2ccccc2O1)c1ccc(C(F)(F)F)cc1. The monoisotopic (exact) mass is 444 g/mol. The van der Waals surface area contributed by atoms with Gasteiger partial charge in [-0.05, 0) is 36.4 Å². The van der Waals surface area contributed by atoms with Crippen LogP contribution in [-0.2, 0) is 21.0 Å². The quantitative estimate of drug-likeness (QED) is 0.740. The standard InChI is InChI=1S/C19H19F3N2O5S/c1-30(26,27)24(14-8-6-13(7-9-14)19(20,21)22)11-18(25)23-10-15-12-28-16-4-2-3-5-17(16)29-15/h2-9,15H,10-12H2,1H3,(H,23,25). The number of sulfonamides is 1. The Morgan fingerprint density at radius 2 is 1.77 bits per heavy atom. The van der Waals surface area contributed by atoms with Gasteiger partial charge in [-0.1, -0.05) is 12.1 Å². The highest BCUT2D eigenvalue weighted by atomic mass is 32.2. The molecule has 7 nitrogen and oxygen atoms in total. The van der Waals surface area contributed by atoms with E-state index >= 15 is 0 Å². The van der Waals surface area contributed by atoms with Crippen LogP contribution in [0.2, 0.25) is 0 Å². The third kappa shape index (κ3) is 5.35. The fraction of sp³-hybridized carbons (Fsp3) is 0.316. The topological polar surface area (TPSA) is 84.9 Å². The Bertz CT molecular complexity index is 1010. The molecule has 0 aromatic heterocycles. The van der Waals surface area contributed by atoms with Crippen molar-refractivity contribution < 1.29 is 35.9 Å². The van der Waals surface area contributed by atoms with Crippen LogP contribution in [0.4, 0.5) is 18.9 Å². The summed E-state index contributed by atoms with van der Waals surface area (Å²) in [5, 5.41) is 2.56. The lowest BCUT2D eigenvalue weighted by Crippen LogP contribution is -2.45. The first-order valence-electron chi connectivity index (χ1n) is 8.84. The van der Waals surface area contributed by atoms with Crippen molar-refractivity contribution in [3.63, 3.8) is 0 Å². The van der Waals surface area contributed by atoms with Gasteiger partial charge in [-0.2, -0.15) is 13.2 Å². The Kier molecular flexibility index (Phi) is 6.11. The van der Waals surface area contributed by atoms with Gasteiger partial charge in [0.2, 0.25) is 15.9 Å². The van der Waals surface area contributed by atoms with E-state index in [1.165, 1.54) is 0 Å². The minimum Gasteiger partial charge on any atom is -0.486 e. The van der Waals surface area contributed by atoms with Gasteiger partial charge in [0.1, 0.15) is 19.3 Å². The molecule has 0 saturated heterocycles. The van der Waals surface area contributed by atoms with Gasteiger partial charge in [-0.15, -0.1) is 0 Å². The average molecular weight is 444 g/mol. The number of benzene rings is 2. The van der Waals surface area contributed by atoms with Crippen molar-refractivity contribution >= 4 is 21.6 Å². The zero-order valence-electron chi connectivity index (χ0n) is 15.8. The van der Waals surface area contributed by atoms with Gasteiger partial charge in [-0.3, -0.25) is 9.10 Å². The smallest absolute Gasteiger partial charge is 0.416 e. The normalized spacial score (nSPS) is 16.1. The number of carbonyl (C=O) groups is 1.